The molecule has 4 aliphatic rings. The third-order valence-electron chi connectivity index (χ3n) is 6.59. The number of hydrogen-bond donors (Lipinski definition) is 1. The number of esters is 1. The fourth-order valence-corrected chi connectivity index (χ4v) is 5.43. The highest BCUT2D eigenvalue weighted by atomic mass is 35.5. The molecule has 3 fully saturated rings. The number of anilines is 2. The number of aryl methyl sites for hydroxylation is 1. The Morgan fingerprint density at radius 2 is 2.13 bits per heavy atom. The van der Waals surface area contributed by atoms with Crippen molar-refractivity contribution in [2.45, 2.75) is 44.7 Å². The Balaban J connectivity index is 1.38. The summed E-state index contributed by atoms with van der Waals surface area (Å²) in [7, 11) is 1.45. The smallest absolute Gasteiger partial charge is 0.312 e. The van der Waals surface area contributed by atoms with Crippen LogP contribution >= 0.6 is 11.6 Å². The first-order chi connectivity index (χ1) is 14.4. The second kappa shape index (κ2) is 5.84. The Hall–Kier alpha value is -2.88. The summed E-state index contributed by atoms with van der Waals surface area (Å²) in [5, 5.41) is 13.5. The molecule has 4 heterocycles. The fourth-order valence-electron chi connectivity index (χ4n) is 5.21. The van der Waals surface area contributed by atoms with Crippen molar-refractivity contribution < 1.29 is 14.3 Å². The highest BCUT2D eigenvalue weighted by molar-refractivity contribution is 6.34. The van der Waals surface area contributed by atoms with Gasteiger partial charge in [-0.1, -0.05) is 11.6 Å². The molecule has 11 heteroatoms. The maximum absolute atomic E-state index is 12.1. The minimum atomic E-state index is -0.339. The number of halogens is 1. The molecular weight excluding hydrogens is 410 g/mol. The van der Waals surface area contributed by atoms with Crippen molar-refractivity contribution in [3.63, 3.8) is 0 Å². The van der Waals surface area contributed by atoms with Gasteiger partial charge in [-0.05, 0) is 26.2 Å². The maximum atomic E-state index is 12.1. The number of nitrogens with zero attached hydrogens (tertiary/aromatic N) is 6. The van der Waals surface area contributed by atoms with Crippen molar-refractivity contribution in [2.24, 2.45) is 5.41 Å². The molecule has 3 saturated carbocycles. The molecular formula is C19H20ClN7O3. The molecule has 0 spiro atoms. The molecule has 0 radical (unpaired) electrons. The molecule has 0 saturated heterocycles. The van der Waals surface area contributed by atoms with Crippen LogP contribution < -0.4 is 10.1 Å². The number of methoxy groups -OCH3 is 1. The number of hydrogen-bond acceptors (Lipinski definition) is 8. The molecule has 10 nitrogen and oxygen atoms in total. The predicted molar refractivity (Wildman–Crippen MR) is 107 cm³/mol. The molecule has 0 atom stereocenters. The number of fused-ring (bicyclic) bond motifs is 2. The SMILES string of the molecule is COC(=O)C12CC(n3nc4c(c3C)Nc3ncc5c(Cl)nn(c5n3)CCCO4)(C1)C2. The van der Waals surface area contributed by atoms with Gasteiger partial charge in [0.25, 0.3) is 5.88 Å². The largest absolute Gasteiger partial charge is 0.475 e. The molecule has 3 aromatic rings. The van der Waals surface area contributed by atoms with Gasteiger partial charge in [0.05, 0.1) is 35.8 Å². The van der Waals surface area contributed by atoms with Crippen LogP contribution in [0, 0.1) is 12.3 Å². The van der Waals surface area contributed by atoms with Crippen LogP contribution in [0.4, 0.5) is 11.6 Å². The molecule has 1 N–H and O–H groups in total. The van der Waals surface area contributed by atoms with Gasteiger partial charge in [-0.3, -0.25) is 9.48 Å². The van der Waals surface area contributed by atoms with E-state index < -0.39 is 0 Å². The van der Waals surface area contributed by atoms with Crippen molar-refractivity contribution in [1.29, 1.82) is 0 Å². The van der Waals surface area contributed by atoms with Gasteiger partial charge in [0, 0.05) is 19.2 Å². The van der Waals surface area contributed by atoms with Crippen LogP contribution in [0.25, 0.3) is 11.0 Å². The van der Waals surface area contributed by atoms with Crippen molar-refractivity contribution in [3.05, 3.63) is 17.0 Å². The molecule has 0 aromatic carbocycles. The zero-order valence-electron chi connectivity index (χ0n) is 16.6. The molecule has 7 rings (SSSR count). The van der Waals surface area contributed by atoms with Crippen molar-refractivity contribution in [3.8, 4) is 5.88 Å². The highest BCUT2D eigenvalue weighted by Gasteiger charge is 2.74. The second-order valence-corrected chi connectivity index (χ2v) is 8.83. The zero-order valence-corrected chi connectivity index (χ0v) is 17.4. The Bertz CT molecular complexity index is 1200. The van der Waals surface area contributed by atoms with Crippen molar-refractivity contribution in [2.75, 3.05) is 19.0 Å². The average molecular weight is 430 g/mol. The molecule has 3 aromatic heterocycles. The first-order valence-corrected chi connectivity index (χ1v) is 10.3. The van der Waals surface area contributed by atoms with E-state index in [0.29, 0.717) is 35.8 Å². The van der Waals surface area contributed by atoms with E-state index in [2.05, 4.69) is 20.4 Å². The van der Waals surface area contributed by atoms with Gasteiger partial charge < -0.3 is 14.8 Å². The molecule has 0 unspecified atom stereocenters. The van der Waals surface area contributed by atoms with E-state index in [4.69, 9.17) is 26.2 Å². The maximum Gasteiger partial charge on any atom is 0.312 e. The number of aromatic nitrogens is 6. The van der Waals surface area contributed by atoms with Gasteiger partial charge in [-0.15, -0.1) is 5.10 Å². The summed E-state index contributed by atoms with van der Waals surface area (Å²) in [5.41, 5.74) is 1.87. The van der Waals surface area contributed by atoms with E-state index in [1.807, 2.05) is 11.6 Å². The molecule has 156 valence electrons. The highest BCUT2D eigenvalue weighted by Crippen LogP contribution is 2.72. The number of rotatable bonds is 2. The molecule has 0 amide bonds. The topological polar surface area (TPSA) is 109 Å². The lowest BCUT2D eigenvalue weighted by atomic mass is 9.39. The minimum Gasteiger partial charge on any atom is -0.475 e. The number of carbonyl (C=O) groups is 1. The van der Waals surface area contributed by atoms with Crippen LogP contribution in [0.3, 0.4) is 0 Å². The third-order valence-corrected chi connectivity index (χ3v) is 6.87. The van der Waals surface area contributed by atoms with Gasteiger partial charge in [-0.25, -0.2) is 9.67 Å². The molecule has 1 aliphatic heterocycles. The van der Waals surface area contributed by atoms with E-state index in [1.54, 1.807) is 10.9 Å². The van der Waals surface area contributed by atoms with E-state index >= 15 is 0 Å². The zero-order chi connectivity index (χ0) is 20.7. The summed E-state index contributed by atoms with van der Waals surface area (Å²) >= 11 is 6.22. The number of ether oxygens (including phenoxy) is 2. The quantitative estimate of drug-likeness (QED) is 0.619. The molecule has 30 heavy (non-hydrogen) atoms. The van der Waals surface area contributed by atoms with Crippen LogP contribution in [0.5, 0.6) is 5.88 Å². The number of carbonyl (C=O) groups excluding carboxylic acids is 1. The Morgan fingerprint density at radius 1 is 1.33 bits per heavy atom. The number of nitrogens with one attached hydrogen (secondary N) is 1. The summed E-state index contributed by atoms with van der Waals surface area (Å²) < 4.78 is 14.8. The van der Waals surface area contributed by atoms with E-state index in [1.165, 1.54) is 7.11 Å². The summed E-state index contributed by atoms with van der Waals surface area (Å²) in [5.74, 6) is 0.826. The summed E-state index contributed by atoms with van der Waals surface area (Å²) in [6.45, 7) is 3.10. The van der Waals surface area contributed by atoms with E-state index in [0.717, 1.165) is 42.5 Å². The average Bonchev–Trinajstić information content (AvgIpc) is 3.14. The normalized spacial score (nSPS) is 26.6. The van der Waals surface area contributed by atoms with Crippen LogP contribution in [0.15, 0.2) is 6.20 Å². The molecule has 4 bridgehead atoms. The van der Waals surface area contributed by atoms with E-state index in [-0.39, 0.29) is 16.9 Å². The fraction of sp³-hybridized carbons (Fsp3) is 0.526. The third kappa shape index (κ3) is 2.22. The Morgan fingerprint density at radius 3 is 2.90 bits per heavy atom. The first kappa shape index (κ1) is 17.9. The van der Waals surface area contributed by atoms with Gasteiger partial charge >= 0.3 is 5.97 Å². The van der Waals surface area contributed by atoms with Crippen LogP contribution in [-0.2, 0) is 21.6 Å². The van der Waals surface area contributed by atoms with Crippen LogP contribution in [-0.4, -0.2) is 49.2 Å². The van der Waals surface area contributed by atoms with Gasteiger partial charge in [-0.2, -0.15) is 10.1 Å². The van der Waals surface area contributed by atoms with Crippen molar-refractivity contribution in [1.82, 2.24) is 29.5 Å². The Kier molecular flexibility index (Phi) is 3.49. The standard InChI is InChI=1S/C19H20ClN7O3/c1-10-12-15(25-27(10)19-7-18(8-19,9-19)16(28)29-2)30-5-3-4-26-14-11(13(20)24-26)6-21-17(22-12)23-14/h6H,3-5,7-9H2,1-2H3,(H,21,22,23). The first-order valence-electron chi connectivity index (χ1n) is 9.92. The predicted octanol–water partition coefficient (Wildman–Crippen LogP) is 2.56. The van der Waals surface area contributed by atoms with Gasteiger partial charge in [0.15, 0.2) is 10.8 Å². The summed E-state index contributed by atoms with van der Waals surface area (Å²) in [6, 6.07) is 0. The lowest BCUT2D eigenvalue weighted by molar-refractivity contribution is -0.220. The summed E-state index contributed by atoms with van der Waals surface area (Å²) in [6.07, 6.45) is 4.64. The minimum absolute atomic E-state index is 0.122. The second-order valence-electron chi connectivity index (χ2n) is 8.48. The van der Waals surface area contributed by atoms with Crippen LogP contribution in [0.1, 0.15) is 31.4 Å². The monoisotopic (exact) mass is 429 g/mol. The lowest BCUT2D eigenvalue weighted by Crippen LogP contribution is -2.71. The van der Waals surface area contributed by atoms with Crippen molar-refractivity contribution >= 4 is 40.2 Å². The molecule has 3 aliphatic carbocycles. The summed E-state index contributed by atoms with van der Waals surface area (Å²) in [4.78, 5) is 21.1. The van der Waals surface area contributed by atoms with Gasteiger partial charge in [0.2, 0.25) is 5.95 Å². The Labute approximate surface area is 176 Å². The van der Waals surface area contributed by atoms with Crippen LogP contribution in [0.2, 0.25) is 5.15 Å². The van der Waals surface area contributed by atoms with E-state index in [9.17, 15) is 4.79 Å². The lowest BCUT2D eigenvalue weighted by Gasteiger charge is -2.68. The van der Waals surface area contributed by atoms with Gasteiger partial charge in [0.1, 0.15) is 5.69 Å².